The molecule has 0 aromatic carbocycles. The highest BCUT2D eigenvalue weighted by atomic mass is 16.6. The normalized spacial score (nSPS) is 22.4. The highest BCUT2D eigenvalue weighted by Crippen LogP contribution is 2.36. The lowest BCUT2D eigenvalue weighted by Crippen LogP contribution is -2.62. The highest BCUT2D eigenvalue weighted by Gasteiger charge is 2.44. The van der Waals surface area contributed by atoms with Crippen LogP contribution in [0.5, 0.6) is 0 Å². The molecule has 0 amide bonds. The molecule has 9 heteroatoms. The van der Waals surface area contributed by atoms with Crippen LogP contribution in [0.15, 0.2) is 6.20 Å². The summed E-state index contributed by atoms with van der Waals surface area (Å²) in [5, 5.41) is 35.8. The van der Waals surface area contributed by atoms with Crippen LogP contribution in [0.2, 0.25) is 0 Å². The number of nitrogens with zero attached hydrogens (tertiary/aromatic N) is 3. The zero-order valence-electron chi connectivity index (χ0n) is 14.6. The van der Waals surface area contributed by atoms with E-state index in [0.29, 0.717) is 12.2 Å². The number of nitro groups is 1. The number of piperidine rings is 1. The molecule has 0 radical (unpaired) electrons. The van der Waals surface area contributed by atoms with Crippen LogP contribution >= 0.6 is 0 Å². The molecular formula is C15H27N5O4. The third-order valence-electron chi connectivity index (χ3n) is 4.52. The summed E-state index contributed by atoms with van der Waals surface area (Å²) in [7, 11) is 0. The van der Waals surface area contributed by atoms with E-state index in [1.807, 2.05) is 27.7 Å². The zero-order chi connectivity index (χ0) is 18.1. The predicted molar refractivity (Wildman–Crippen MR) is 87.8 cm³/mol. The van der Waals surface area contributed by atoms with Crippen LogP contribution < -0.4 is 5.32 Å². The summed E-state index contributed by atoms with van der Waals surface area (Å²) < 4.78 is 0. The average Bonchev–Trinajstić information content (AvgIpc) is 2.90. The van der Waals surface area contributed by atoms with Crippen LogP contribution in [0.25, 0.3) is 0 Å². The van der Waals surface area contributed by atoms with Crippen molar-refractivity contribution in [1.29, 1.82) is 0 Å². The van der Waals surface area contributed by atoms with Gasteiger partial charge in [-0.25, -0.2) is 4.98 Å². The minimum absolute atomic E-state index is 0.171. The first-order chi connectivity index (χ1) is 11.0. The van der Waals surface area contributed by atoms with Gasteiger partial charge in [-0.1, -0.05) is 4.98 Å². The number of aromatic nitrogens is 2. The first-order valence-corrected chi connectivity index (χ1v) is 8.10. The molecule has 1 aromatic heterocycles. The topological polar surface area (TPSA) is 128 Å². The molecule has 1 unspecified atom stereocenters. The van der Waals surface area contributed by atoms with Gasteiger partial charge in [0.2, 0.25) is 0 Å². The van der Waals surface area contributed by atoms with Gasteiger partial charge in [0.25, 0.3) is 0 Å². The van der Waals surface area contributed by atoms with Gasteiger partial charge in [0.1, 0.15) is 11.9 Å². The van der Waals surface area contributed by atoms with Crippen molar-refractivity contribution in [3.8, 4) is 0 Å². The van der Waals surface area contributed by atoms with Gasteiger partial charge in [-0.15, -0.1) is 0 Å². The summed E-state index contributed by atoms with van der Waals surface area (Å²) >= 11 is 0. The van der Waals surface area contributed by atoms with Crippen molar-refractivity contribution >= 4 is 5.95 Å². The van der Waals surface area contributed by atoms with Crippen molar-refractivity contribution < 1.29 is 15.2 Å². The van der Waals surface area contributed by atoms with E-state index in [0.717, 1.165) is 12.8 Å². The van der Waals surface area contributed by atoms with Gasteiger partial charge in [0.05, 0.1) is 6.10 Å². The quantitative estimate of drug-likeness (QED) is 0.452. The molecule has 0 spiro atoms. The Balaban J connectivity index is 1.87. The molecule has 136 valence electrons. The number of imidazole rings is 1. The molecule has 1 atom stereocenters. The molecule has 1 aromatic rings. The Morgan fingerprint density at radius 2 is 2.04 bits per heavy atom. The monoisotopic (exact) mass is 341 g/mol. The predicted octanol–water partition coefficient (Wildman–Crippen LogP) is 1.22. The molecule has 0 bridgehead atoms. The van der Waals surface area contributed by atoms with Crippen LogP contribution in [-0.4, -0.2) is 60.0 Å². The van der Waals surface area contributed by atoms with Crippen LogP contribution in [0, 0.1) is 10.1 Å². The highest BCUT2D eigenvalue weighted by molar-refractivity contribution is 5.11. The Labute approximate surface area is 141 Å². The lowest BCUT2D eigenvalue weighted by atomic mass is 9.79. The van der Waals surface area contributed by atoms with Crippen molar-refractivity contribution in [2.75, 3.05) is 6.54 Å². The number of H-pyrrole nitrogens is 1. The number of aliphatic hydroxyl groups is 1. The third-order valence-corrected chi connectivity index (χ3v) is 4.52. The summed E-state index contributed by atoms with van der Waals surface area (Å²) in [4.78, 5) is 16.2. The van der Waals surface area contributed by atoms with Crippen molar-refractivity contribution in [2.24, 2.45) is 0 Å². The smallest absolute Gasteiger partial charge is 0.391 e. The van der Waals surface area contributed by atoms with E-state index in [1.165, 1.54) is 11.3 Å². The van der Waals surface area contributed by atoms with Crippen molar-refractivity contribution in [3.05, 3.63) is 22.0 Å². The molecule has 0 saturated carbocycles. The van der Waals surface area contributed by atoms with E-state index < -0.39 is 11.0 Å². The number of hydrogen-bond acceptors (Lipinski definition) is 7. The van der Waals surface area contributed by atoms with Gasteiger partial charge < -0.3 is 25.7 Å². The second kappa shape index (κ2) is 6.75. The van der Waals surface area contributed by atoms with Crippen LogP contribution in [-0.2, 0) is 6.42 Å². The summed E-state index contributed by atoms with van der Waals surface area (Å²) in [5.41, 5.74) is -0.176. The molecule has 4 N–H and O–H groups in total. The average molecular weight is 341 g/mol. The Morgan fingerprint density at radius 1 is 1.46 bits per heavy atom. The van der Waals surface area contributed by atoms with Gasteiger partial charge in [0.15, 0.2) is 0 Å². The van der Waals surface area contributed by atoms with Gasteiger partial charge >= 0.3 is 5.95 Å². The number of hydrogen-bond donors (Lipinski definition) is 4. The maximum absolute atomic E-state index is 10.6. The zero-order valence-corrected chi connectivity index (χ0v) is 14.6. The second-order valence-electron chi connectivity index (χ2n) is 7.80. The standard InChI is InChI=1S/C15H27N5O4/c1-14(2)6-11(7-15(3,4)20(14)24)16-9-12(21)5-10-8-17-13(18-10)19(22)23/h8,11-12,16,21,24H,5-7,9H2,1-4H3,(H,17,18). The number of aliphatic hydroxyl groups excluding tert-OH is 1. The third kappa shape index (κ3) is 4.29. The fourth-order valence-corrected chi connectivity index (χ4v) is 3.59. The largest absolute Gasteiger partial charge is 0.432 e. The van der Waals surface area contributed by atoms with Crippen LogP contribution in [0.3, 0.4) is 0 Å². The van der Waals surface area contributed by atoms with Gasteiger partial charge in [-0.3, -0.25) is 0 Å². The molecule has 1 fully saturated rings. The molecule has 1 aliphatic heterocycles. The molecule has 9 nitrogen and oxygen atoms in total. The second-order valence-corrected chi connectivity index (χ2v) is 7.80. The van der Waals surface area contributed by atoms with Crippen LogP contribution in [0.4, 0.5) is 5.95 Å². The Hall–Kier alpha value is -1.55. The molecule has 2 rings (SSSR count). The Bertz CT molecular complexity index is 568. The number of hydroxylamine groups is 2. The van der Waals surface area contributed by atoms with E-state index in [4.69, 9.17) is 0 Å². The summed E-state index contributed by atoms with van der Waals surface area (Å²) in [5.74, 6) is -0.316. The first-order valence-electron chi connectivity index (χ1n) is 8.10. The van der Waals surface area contributed by atoms with Crippen molar-refractivity contribution in [2.45, 2.75) is 70.2 Å². The van der Waals surface area contributed by atoms with E-state index in [-0.39, 0.29) is 29.5 Å². The van der Waals surface area contributed by atoms with Crippen molar-refractivity contribution in [3.63, 3.8) is 0 Å². The molecule has 24 heavy (non-hydrogen) atoms. The molecule has 1 saturated heterocycles. The minimum atomic E-state index is -0.677. The molecule has 0 aliphatic carbocycles. The maximum atomic E-state index is 10.6. The summed E-state index contributed by atoms with van der Waals surface area (Å²) in [6.45, 7) is 8.33. The van der Waals surface area contributed by atoms with E-state index in [9.17, 15) is 20.4 Å². The number of nitrogens with one attached hydrogen (secondary N) is 2. The van der Waals surface area contributed by atoms with E-state index >= 15 is 0 Å². The van der Waals surface area contributed by atoms with Crippen molar-refractivity contribution in [1.82, 2.24) is 20.3 Å². The minimum Gasteiger partial charge on any atom is -0.391 e. The van der Waals surface area contributed by atoms with E-state index in [1.54, 1.807) is 0 Å². The SMILES string of the molecule is CC1(C)CC(NCC(O)Cc2cnc([N+](=O)[O-])[nH]2)CC(C)(C)N1O. The first kappa shape index (κ1) is 18.8. The van der Waals surface area contributed by atoms with Crippen LogP contribution in [0.1, 0.15) is 46.2 Å². The Kier molecular flexibility index (Phi) is 5.28. The number of rotatable bonds is 6. The fourth-order valence-electron chi connectivity index (χ4n) is 3.59. The maximum Gasteiger partial charge on any atom is 0.432 e. The summed E-state index contributed by atoms with van der Waals surface area (Å²) in [6.07, 6.45) is 2.48. The van der Waals surface area contributed by atoms with E-state index in [2.05, 4.69) is 15.3 Å². The molecular weight excluding hydrogens is 314 g/mol. The lowest BCUT2D eigenvalue weighted by molar-refractivity contribution is -0.393. The van der Waals surface area contributed by atoms with Gasteiger partial charge in [-0.2, -0.15) is 5.06 Å². The number of aromatic amines is 1. The van der Waals surface area contributed by atoms with Gasteiger partial charge in [-0.05, 0) is 45.5 Å². The fraction of sp³-hybridized carbons (Fsp3) is 0.800. The Morgan fingerprint density at radius 3 is 2.54 bits per heavy atom. The molecule has 1 aliphatic rings. The molecule has 2 heterocycles. The summed E-state index contributed by atoms with van der Waals surface area (Å²) in [6, 6.07) is 0.171. The lowest BCUT2D eigenvalue weighted by Gasteiger charge is -2.51. The van der Waals surface area contributed by atoms with Gasteiger partial charge in [0, 0.05) is 30.1 Å².